The SMILES string of the molecule is CCCCN(C(=O)c1cc(S(=O)(=O)N2CCOCC2)ccc1C)c1nc2ccc(C)cc2s1. The fraction of sp³-hybridized carbons (Fsp3) is 0.417. The van der Waals surface area contributed by atoms with Gasteiger partial charge in [-0.2, -0.15) is 4.31 Å². The molecule has 3 aromatic rings. The molecule has 1 saturated heterocycles. The van der Waals surface area contributed by atoms with Gasteiger partial charge in [-0.3, -0.25) is 9.69 Å². The molecule has 1 amide bonds. The van der Waals surface area contributed by atoms with E-state index in [1.807, 2.05) is 26.0 Å². The molecule has 0 bridgehead atoms. The number of ether oxygens (including phenoxy) is 1. The smallest absolute Gasteiger partial charge is 0.260 e. The number of thiazole rings is 1. The fourth-order valence-electron chi connectivity index (χ4n) is 3.81. The summed E-state index contributed by atoms with van der Waals surface area (Å²) in [5, 5.41) is 0.634. The van der Waals surface area contributed by atoms with E-state index >= 15 is 0 Å². The monoisotopic (exact) mass is 487 g/mol. The first kappa shape index (κ1) is 23.8. The van der Waals surface area contributed by atoms with Crippen molar-refractivity contribution in [3.05, 3.63) is 53.1 Å². The van der Waals surface area contributed by atoms with E-state index in [0.717, 1.165) is 34.2 Å². The Bertz CT molecular complexity index is 1260. The van der Waals surface area contributed by atoms with Gasteiger partial charge in [0.25, 0.3) is 5.91 Å². The number of morpholine rings is 1. The quantitative estimate of drug-likeness (QED) is 0.494. The predicted octanol–water partition coefficient (Wildman–Crippen LogP) is 4.38. The van der Waals surface area contributed by atoms with Gasteiger partial charge in [-0.1, -0.05) is 36.8 Å². The number of anilines is 1. The molecule has 0 unspecified atom stereocenters. The molecule has 33 heavy (non-hydrogen) atoms. The van der Waals surface area contributed by atoms with Crippen LogP contribution in [0.15, 0.2) is 41.3 Å². The van der Waals surface area contributed by atoms with E-state index in [-0.39, 0.29) is 10.8 Å². The summed E-state index contributed by atoms with van der Waals surface area (Å²) in [5.74, 6) is -0.226. The second kappa shape index (κ2) is 9.89. The summed E-state index contributed by atoms with van der Waals surface area (Å²) in [7, 11) is -3.70. The van der Waals surface area contributed by atoms with Gasteiger partial charge >= 0.3 is 0 Å². The predicted molar refractivity (Wildman–Crippen MR) is 132 cm³/mol. The fourth-order valence-corrected chi connectivity index (χ4v) is 6.33. The van der Waals surface area contributed by atoms with Crippen molar-refractivity contribution in [1.29, 1.82) is 0 Å². The van der Waals surface area contributed by atoms with E-state index < -0.39 is 10.0 Å². The first-order valence-electron chi connectivity index (χ1n) is 11.2. The highest BCUT2D eigenvalue weighted by Crippen LogP contribution is 2.31. The molecule has 1 aliphatic heterocycles. The maximum atomic E-state index is 13.7. The minimum Gasteiger partial charge on any atom is -0.379 e. The molecule has 1 aliphatic rings. The standard InChI is InChI=1S/C24H29N3O4S2/c1-4-5-10-27(24-25-21-9-6-17(2)15-22(21)32-24)23(28)20-16-19(8-7-18(20)3)33(29,30)26-11-13-31-14-12-26/h6-9,15-16H,4-5,10-14H2,1-3H3. The highest BCUT2D eigenvalue weighted by Gasteiger charge is 2.29. The number of unbranched alkanes of at least 4 members (excludes halogenated alkanes) is 1. The summed E-state index contributed by atoms with van der Waals surface area (Å²) in [4.78, 5) is 20.3. The summed E-state index contributed by atoms with van der Waals surface area (Å²) in [5.41, 5.74) is 3.12. The van der Waals surface area contributed by atoms with Crippen molar-refractivity contribution in [1.82, 2.24) is 9.29 Å². The molecule has 1 fully saturated rings. The van der Waals surface area contributed by atoms with Gasteiger partial charge in [0.2, 0.25) is 10.0 Å². The third-order valence-corrected chi connectivity index (χ3v) is 8.73. The molecule has 0 spiro atoms. The number of nitrogens with zero attached hydrogens (tertiary/aromatic N) is 3. The summed E-state index contributed by atoms with van der Waals surface area (Å²) < 4.78 is 34.1. The topological polar surface area (TPSA) is 79.8 Å². The Balaban J connectivity index is 1.71. The van der Waals surface area contributed by atoms with E-state index in [9.17, 15) is 13.2 Å². The lowest BCUT2D eigenvalue weighted by atomic mass is 10.1. The molecule has 1 aromatic heterocycles. The average Bonchev–Trinajstić information content (AvgIpc) is 3.22. The van der Waals surface area contributed by atoms with Crippen LogP contribution in [0, 0.1) is 13.8 Å². The highest BCUT2D eigenvalue weighted by atomic mass is 32.2. The number of hydrogen-bond donors (Lipinski definition) is 0. The number of sulfonamides is 1. The molecule has 0 N–H and O–H groups in total. The molecule has 2 heterocycles. The first-order chi connectivity index (χ1) is 15.8. The minimum atomic E-state index is -3.70. The number of fused-ring (bicyclic) bond motifs is 1. The molecule has 0 saturated carbocycles. The zero-order chi connectivity index (χ0) is 23.6. The average molecular weight is 488 g/mol. The molecular formula is C24H29N3O4S2. The second-order valence-electron chi connectivity index (χ2n) is 8.27. The zero-order valence-electron chi connectivity index (χ0n) is 19.2. The summed E-state index contributed by atoms with van der Waals surface area (Å²) in [6, 6.07) is 10.8. The van der Waals surface area contributed by atoms with Crippen LogP contribution in [-0.4, -0.2) is 56.5 Å². The molecule has 2 aromatic carbocycles. The van der Waals surface area contributed by atoms with Crippen LogP contribution in [0.25, 0.3) is 10.2 Å². The molecule has 0 atom stereocenters. The van der Waals surface area contributed by atoms with Gasteiger partial charge in [0, 0.05) is 25.2 Å². The van der Waals surface area contributed by atoms with Crippen LogP contribution in [0.2, 0.25) is 0 Å². The normalized spacial score (nSPS) is 15.1. The minimum absolute atomic E-state index is 0.133. The van der Waals surface area contributed by atoms with Crippen molar-refractivity contribution in [2.24, 2.45) is 0 Å². The van der Waals surface area contributed by atoms with E-state index in [0.29, 0.717) is 43.5 Å². The Hall–Kier alpha value is -2.33. The van der Waals surface area contributed by atoms with Crippen LogP contribution >= 0.6 is 11.3 Å². The third-order valence-electron chi connectivity index (χ3n) is 5.79. The van der Waals surface area contributed by atoms with Gasteiger partial charge in [0.15, 0.2) is 5.13 Å². The number of aryl methyl sites for hydroxylation is 2. The number of carbonyl (C=O) groups is 1. The molecule has 9 heteroatoms. The third kappa shape index (κ3) is 4.96. The van der Waals surface area contributed by atoms with Crippen molar-refractivity contribution in [3.8, 4) is 0 Å². The van der Waals surface area contributed by atoms with Gasteiger partial charge in [-0.05, 0) is 55.7 Å². The van der Waals surface area contributed by atoms with Crippen LogP contribution in [-0.2, 0) is 14.8 Å². The Morgan fingerprint density at radius 1 is 1.15 bits per heavy atom. The number of aromatic nitrogens is 1. The molecule has 4 rings (SSSR count). The molecule has 0 aliphatic carbocycles. The van der Waals surface area contributed by atoms with E-state index in [1.54, 1.807) is 17.0 Å². The Morgan fingerprint density at radius 2 is 1.91 bits per heavy atom. The molecule has 7 nitrogen and oxygen atoms in total. The lowest BCUT2D eigenvalue weighted by molar-refractivity contribution is 0.0730. The van der Waals surface area contributed by atoms with Gasteiger partial charge < -0.3 is 4.74 Å². The summed E-state index contributed by atoms with van der Waals surface area (Å²) in [6.45, 7) is 7.83. The van der Waals surface area contributed by atoms with Gasteiger partial charge in [0.05, 0.1) is 28.3 Å². The van der Waals surface area contributed by atoms with E-state index in [1.165, 1.54) is 21.7 Å². The Labute approximate surface area is 199 Å². The van der Waals surface area contributed by atoms with Crippen molar-refractivity contribution in [3.63, 3.8) is 0 Å². The number of carbonyl (C=O) groups excluding carboxylic acids is 1. The van der Waals surface area contributed by atoms with Crippen molar-refractivity contribution in [2.45, 2.75) is 38.5 Å². The van der Waals surface area contributed by atoms with E-state index in [2.05, 4.69) is 13.0 Å². The second-order valence-corrected chi connectivity index (χ2v) is 11.2. The number of benzene rings is 2. The van der Waals surface area contributed by atoms with Crippen LogP contribution in [0.5, 0.6) is 0 Å². The summed E-state index contributed by atoms with van der Waals surface area (Å²) in [6.07, 6.45) is 1.75. The van der Waals surface area contributed by atoms with Crippen molar-refractivity contribution >= 4 is 42.6 Å². The lowest BCUT2D eigenvalue weighted by Gasteiger charge is -2.26. The molecule has 176 valence electrons. The van der Waals surface area contributed by atoms with Crippen LogP contribution < -0.4 is 4.90 Å². The number of amides is 1. The maximum Gasteiger partial charge on any atom is 0.260 e. The maximum absolute atomic E-state index is 13.7. The van der Waals surface area contributed by atoms with Gasteiger partial charge in [0.1, 0.15) is 0 Å². The van der Waals surface area contributed by atoms with Crippen molar-refractivity contribution in [2.75, 3.05) is 37.7 Å². The molecule has 0 radical (unpaired) electrons. The molecular weight excluding hydrogens is 458 g/mol. The van der Waals surface area contributed by atoms with E-state index in [4.69, 9.17) is 9.72 Å². The Kier molecular flexibility index (Phi) is 7.13. The lowest BCUT2D eigenvalue weighted by Crippen LogP contribution is -2.40. The highest BCUT2D eigenvalue weighted by molar-refractivity contribution is 7.89. The van der Waals surface area contributed by atoms with Crippen LogP contribution in [0.3, 0.4) is 0 Å². The van der Waals surface area contributed by atoms with Crippen LogP contribution in [0.1, 0.15) is 41.3 Å². The summed E-state index contributed by atoms with van der Waals surface area (Å²) >= 11 is 1.48. The van der Waals surface area contributed by atoms with Crippen LogP contribution in [0.4, 0.5) is 5.13 Å². The first-order valence-corrected chi connectivity index (χ1v) is 13.4. The van der Waals surface area contributed by atoms with Gasteiger partial charge in [-0.15, -0.1) is 0 Å². The number of hydrogen-bond acceptors (Lipinski definition) is 6. The Morgan fingerprint density at radius 3 is 2.64 bits per heavy atom. The van der Waals surface area contributed by atoms with Gasteiger partial charge in [-0.25, -0.2) is 13.4 Å². The zero-order valence-corrected chi connectivity index (χ0v) is 20.8. The van der Waals surface area contributed by atoms with Crippen molar-refractivity contribution < 1.29 is 17.9 Å². The number of rotatable bonds is 7. The largest absolute Gasteiger partial charge is 0.379 e.